The Morgan fingerprint density at radius 2 is 0.814 bits per heavy atom. The Morgan fingerprint density at radius 1 is 0.279 bits per heavy atom. The molecule has 0 aliphatic carbocycles. The van der Waals surface area contributed by atoms with Crippen molar-refractivity contribution in [1.29, 1.82) is 0 Å². The van der Waals surface area contributed by atoms with E-state index in [9.17, 15) is 0 Å². The highest BCUT2D eigenvalue weighted by Gasteiger charge is 2.23. The van der Waals surface area contributed by atoms with Crippen molar-refractivity contribution in [3.8, 4) is 44.5 Å². The summed E-state index contributed by atoms with van der Waals surface area (Å²) in [5, 5.41) is 7.80. The molecule has 0 saturated carbocycles. The zero-order chi connectivity index (χ0) is 28.3. The van der Waals surface area contributed by atoms with Crippen molar-refractivity contribution in [2.45, 2.75) is 9.79 Å². The van der Waals surface area contributed by atoms with Gasteiger partial charge in [-0.15, -0.1) is 0 Å². The second kappa shape index (κ2) is 9.73. The fourth-order valence-electron chi connectivity index (χ4n) is 6.99. The molecule has 0 amide bonds. The van der Waals surface area contributed by atoms with E-state index in [1.807, 2.05) is 11.8 Å². The molecule has 1 heteroatoms. The molecule has 1 heterocycles. The van der Waals surface area contributed by atoms with Gasteiger partial charge in [0.2, 0.25) is 0 Å². The van der Waals surface area contributed by atoms with Gasteiger partial charge in [-0.2, -0.15) is 0 Å². The van der Waals surface area contributed by atoms with Crippen molar-refractivity contribution in [2.75, 3.05) is 0 Å². The summed E-state index contributed by atoms with van der Waals surface area (Å²) in [5.41, 5.74) is 10.3. The third kappa shape index (κ3) is 3.79. The van der Waals surface area contributed by atoms with E-state index in [1.54, 1.807) is 0 Å². The van der Waals surface area contributed by atoms with Gasteiger partial charge in [-0.1, -0.05) is 157 Å². The Morgan fingerprint density at radius 3 is 1.53 bits per heavy atom. The Hall–Kier alpha value is -5.11. The maximum Gasteiger partial charge on any atom is 0.0207 e. The third-order valence-corrected chi connectivity index (χ3v) is 10.0. The van der Waals surface area contributed by atoms with E-state index in [2.05, 4.69) is 158 Å². The average molecular weight is 563 g/mol. The normalized spacial score (nSPS) is 12.1. The van der Waals surface area contributed by atoms with Crippen LogP contribution in [0.1, 0.15) is 0 Å². The van der Waals surface area contributed by atoms with Crippen LogP contribution in [0.5, 0.6) is 0 Å². The number of rotatable bonds is 3. The summed E-state index contributed by atoms with van der Waals surface area (Å²) in [4.78, 5) is 2.66. The summed E-state index contributed by atoms with van der Waals surface area (Å²) in [6.45, 7) is 0. The average Bonchev–Trinajstić information content (AvgIpc) is 3.08. The summed E-state index contributed by atoms with van der Waals surface area (Å²) in [7, 11) is 0. The quantitative estimate of drug-likeness (QED) is 0.193. The topological polar surface area (TPSA) is 0 Å². The standard InChI is InChI=1S/C42H26S/c1-2-11-27(12-3-1)28-21-23-29(24-22-28)40-32-14-4-6-16-34(32)41(35-17-7-5-15-33(35)40)37-25-26-39-42-31(18-10-19-36(37)42)30-13-8-9-20-38(30)43-39/h1-26H. The molecule has 0 spiro atoms. The van der Waals surface area contributed by atoms with Crippen LogP contribution in [0, 0.1) is 0 Å². The highest BCUT2D eigenvalue weighted by Crippen LogP contribution is 2.51. The fraction of sp³-hybridized carbons (Fsp3) is 0. The molecule has 0 atom stereocenters. The third-order valence-electron chi connectivity index (χ3n) is 8.88. The van der Waals surface area contributed by atoms with Crippen LogP contribution in [0.4, 0.5) is 0 Å². The molecule has 200 valence electrons. The van der Waals surface area contributed by atoms with Gasteiger partial charge in [-0.3, -0.25) is 0 Å². The zero-order valence-electron chi connectivity index (χ0n) is 23.4. The minimum atomic E-state index is 1.23. The molecule has 0 N–H and O–H groups in total. The first-order valence-corrected chi connectivity index (χ1v) is 15.6. The van der Waals surface area contributed by atoms with Gasteiger partial charge >= 0.3 is 0 Å². The first-order valence-electron chi connectivity index (χ1n) is 14.8. The molecule has 9 rings (SSSR count). The van der Waals surface area contributed by atoms with Crippen LogP contribution < -0.4 is 0 Å². The smallest absolute Gasteiger partial charge is 0.0207 e. The minimum absolute atomic E-state index is 1.23. The second-order valence-corrected chi connectivity index (χ2v) is 12.3. The fourth-order valence-corrected chi connectivity index (χ4v) is 8.12. The monoisotopic (exact) mass is 562 g/mol. The van der Waals surface area contributed by atoms with E-state index in [0.29, 0.717) is 0 Å². The van der Waals surface area contributed by atoms with Crippen LogP contribution in [-0.2, 0) is 0 Å². The molecule has 0 bridgehead atoms. The van der Waals surface area contributed by atoms with Gasteiger partial charge in [-0.05, 0) is 83.6 Å². The minimum Gasteiger partial charge on any atom is -0.0888 e. The highest BCUT2D eigenvalue weighted by molar-refractivity contribution is 7.99. The van der Waals surface area contributed by atoms with E-state index in [0.717, 1.165) is 0 Å². The Bertz CT molecular complexity index is 2290. The summed E-state index contributed by atoms with van der Waals surface area (Å²) in [5.74, 6) is 0. The predicted octanol–water partition coefficient (Wildman–Crippen LogP) is 12.3. The Balaban J connectivity index is 1.33. The largest absolute Gasteiger partial charge is 0.0888 e. The first-order chi connectivity index (χ1) is 21.3. The molecule has 0 nitrogen and oxygen atoms in total. The van der Waals surface area contributed by atoms with E-state index < -0.39 is 0 Å². The van der Waals surface area contributed by atoms with Crippen molar-refractivity contribution >= 4 is 44.1 Å². The molecule has 43 heavy (non-hydrogen) atoms. The van der Waals surface area contributed by atoms with Crippen molar-refractivity contribution in [3.05, 3.63) is 158 Å². The molecule has 0 unspecified atom stereocenters. The lowest BCUT2D eigenvalue weighted by molar-refractivity contribution is 1.40. The molecular formula is C42H26S. The van der Waals surface area contributed by atoms with Gasteiger partial charge in [0.15, 0.2) is 0 Å². The van der Waals surface area contributed by atoms with Crippen molar-refractivity contribution in [2.24, 2.45) is 0 Å². The molecule has 8 aromatic carbocycles. The van der Waals surface area contributed by atoms with E-state index in [1.165, 1.54) is 86.6 Å². The van der Waals surface area contributed by atoms with Crippen LogP contribution in [-0.4, -0.2) is 0 Å². The molecule has 8 aromatic rings. The maximum atomic E-state index is 2.35. The van der Waals surface area contributed by atoms with Gasteiger partial charge in [0.1, 0.15) is 0 Å². The Kier molecular flexibility index (Phi) is 5.54. The number of benzene rings is 8. The second-order valence-electron chi connectivity index (χ2n) is 11.2. The molecule has 0 fully saturated rings. The lowest BCUT2D eigenvalue weighted by atomic mass is 9.84. The molecular weight excluding hydrogens is 537 g/mol. The van der Waals surface area contributed by atoms with Crippen molar-refractivity contribution in [3.63, 3.8) is 0 Å². The van der Waals surface area contributed by atoms with E-state index >= 15 is 0 Å². The molecule has 0 saturated heterocycles. The van der Waals surface area contributed by atoms with Crippen LogP contribution in [0.25, 0.3) is 76.8 Å². The van der Waals surface area contributed by atoms with Crippen LogP contribution in [0.2, 0.25) is 0 Å². The zero-order valence-corrected chi connectivity index (χ0v) is 24.2. The highest BCUT2D eigenvalue weighted by atomic mass is 32.2. The molecule has 0 aromatic heterocycles. The lowest BCUT2D eigenvalue weighted by Gasteiger charge is -2.23. The van der Waals surface area contributed by atoms with Gasteiger partial charge in [0.05, 0.1) is 0 Å². The van der Waals surface area contributed by atoms with Gasteiger partial charge in [0, 0.05) is 15.2 Å². The summed E-state index contributed by atoms with van der Waals surface area (Å²) < 4.78 is 0. The van der Waals surface area contributed by atoms with Crippen LogP contribution >= 0.6 is 11.8 Å². The molecule has 0 radical (unpaired) electrons. The number of fused-ring (bicyclic) bond motifs is 4. The summed E-state index contributed by atoms with van der Waals surface area (Å²) in [6, 6.07) is 57.9. The number of hydrogen-bond donors (Lipinski definition) is 0. The summed E-state index contributed by atoms with van der Waals surface area (Å²) in [6.07, 6.45) is 0. The number of hydrogen-bond acceptors (Lipinski definition) is 1. The van der Waals surface area contributed by atoms with Crippen molar-refractivity contribution in [1.82, 2.24) is 0 Å². The lowest BCUT2D eigenvalue weighted by Crippen LogP contribution is -1.95. The van der Waals surface area contributed by atoms with Gasteiger partial charge in [-0.25, -0.2) is 0 Å². The van der Waals surface area contributed by atoms with E-state index in [4.69, 9.17) is 0 Å². The van der Waals surface area contributed by atoms with Gasteiger partial charge < -0.3 is 0 Å². The van der Waals surface area contributed by atoms with E-state index in [-0.39, 0.29) is 0 Å². The van der Waals surface area contributed by atoms with Crippen molar-refractivity contribution < 1.29 is 0 Å². The predicted molar refractivity (Wildman–Crippen MR) is 185 cm³/mol. The maximum absolute atomic E-state index is 2.35. The van der Waals surface area contributed by atoms with Crippen LogP contribution in [0.15, 0.2) is 168 Å². The van der Waals surface area contributed by atoms with Crippen LogP contribution in [0.3, 0.4) is 0 Å². The Labute approximate surface area is 255 Å². The molecule has 1 aliphatic rings. The molecule has 1 aliphatic heterocycles. The van der Waals surface area contributed by atoms with Gasteiger partial charge in [0.25, 0.3) is 0 Å². The summed E-state index contributed by atoms with van der Waals surface area (Å²) >= 11 is 1.89. The SMILES string of the molecule is c1ccc(-c2ccc(-c3c4ccccc4c(-c4ccc5c6c(cccc46)-c4ccccc4S5)c4ccccc34)cc2)cc1. The first kappa shape index (κ1) is 24.5.